The van der Waals surface area contributed by atoms with Crippen LogP contribution in [0.25, 0.3) is 0 Å². The zero-order chi connectivity index (χ0) is 14.4. The van der Waals surface area contributed by atoms with Crippen molar-refractivity contribution in [2.45, 2.75) is 23.3 Å². The largest absolute Gasteiger partial charge is 0.313 e. The van der Waals surface area contributed by atoms with Gasteiger partial charge in [-0.1, -0.05) is 36.4 Å². The lowest BCUT2D eigenvalue weighted by atomic mass is 10.1. The van der Waals surface area contributed by atoms with Crippen molar-refractivity contribution in [2.24, 2.45) is 0 Å². The van der Waals surface area contributed by atoms with Gasteiger partial charge >= 0.3 is 0 Å². The fourth-order valence-electron chi connectivity index (χ4n) is 1.76. The SMILES string of the molecule is CCNCc1ccc(Sc2ccc(Cl)cc2)c(C#N)c1. The van der Waals surface area contributed by atoms with Crippen molar-refractivity contribution in [3.05, 3.63) is 58.6 Å². The molecule has 20 heavy (non-hydrogen) atoms. The number of nitrogens with zero attached hydrogens (tertiary/aromatic N) is 1. The summed E-state index contributed by atoms with van der Waals surface area (Å²) in [7, 11) is 0. The van der Waals surface area contributed by atoms with Gasteiger partial charge in [-0.05, 0) is 48.5 Å². The monoisotopic (exact) mass is 302 g/mol. The molecule has 0 fully saturated rings. The van der Waals surface area contributed by atoms with Crippen LogP contribution >= 0.6 is 23.4 Å². The minimum atomic E-state index is 0.709. The molecule has 2 nitrogen and oxygen atoms in total. The number of benzene rings is 2. The molecule has 0 saturated heterocycles. The lowest BCUT2D eigenvalue weighted by molar-refractivity contribution is 0.726. The molecule has 0 aliphatic heterocycles. The molecule has 2 aromatic rings. The third-order valence-electron chi connectivity index (χ3n) is 2.78. The summed E-state index contributed by atoms with van der Waals surface area (Å²) in [6.07, 6.45) is 0. The van der Waals surface area contributed by atoms with E-state index in [9.17, 15) is 5.26 Å². The summed E-state index contributed by atoms with van der Waals surface area (Å²) in [4.78, 5) is 2.04. The van der Waals surface area contributed by atoms with E-state index in [-0.39, 0.29) is 0 Å². The van der Waals surface area contributed by atoms with Crippen LogP contribution in [0, 0.1) is 11.3 Å². The van der Waals surface area contributed by atoms with Crippen LogP contribution in [0.4, 0.5) is 0 Å². The molecule has 0 spiro atoms. The number of nitriles is 1. The highest BCUT2D eigenvalue weighted by molar-refractivity contribution is 7.99. The Morgan fingerprint density at radius 1 is 1.20 bits per heavy atom. The molecule has 0 bridgehead atoms. The molecule has 0 amide bonds. The predicted octanol–water partition coefficient (Wildman–Crippen LogP) is 4.47. The quantitative estimate of drug-likeness (QED) is 0.885. The van der Waals surface area contributed by atoms with Gasteiger partial charge in [-0.25, -0.2) is 0 Å². The van der Waals surface area contributed by atoms with Crippen molar-refractivity contribution in [3.63, 3.8) is 0 Å². The second kappa shape index (κ2) is 7.35. The minimum absolute atomic E-state index is 0.709. The van der Waals surface area contributed by atoms with Crippen molar-refractivity contribution in [1.29, 1.82) is 5.26 Å². The second-order valence-corrected chi connectivity index (χ2v) is 5.83. The van der Waals surface area contributed by atoms with Gasteiger partial charge in [0.1, 0.15) is 6.07 Å². The van der Waals surface area contributed by atoms with E-state index < -0.39 is 0 Å². The van der Waals surface area contributed by atoms with E-state index in [2.05, 4.69) is 24.4 Å². The summed E-state index contributed by atoms with van der Waals surface area (Å²) in [6.45, 7) is 3.77. The van der Waals surface area contributed by atoms with Gasteiger partial charge in [0.05, 0.1) is 5.56 Å². The highest BCUT2D eigenvalue weighted by Gasteiger charge is 2.06. The number of rotatable bonds is 5. The van der Waals surface area contributed by atoms with Crippen molar-refractivity contribution in [1.82, 2.24) is 5.32 Å². The Balaban J connectivity index is 2.19. The van der Waals surface area contributed by atoms with Crippen LogP contribution in [-0.4, -0.2) is 6.54 Å². The summed E-state index contributed by atoms with van der Waals surface area (Å²) in [6, 6.07) is 15.9. The molecule has 0 heterocycles. The van der Waals surface area contributed by atoms with Gasteiger partial charge < -0.3 is 5.32 Å². The normalized spacial score (nSPS) is 10.2. The topological polar surface area (TPSA) is 35.8 Å². The Hall–Kier alpha value is -1.47. The Kier molecular flexibility index (Phi) is 5.49. The molecule has 0 saturated carbocycles. The lowest BCUT2D eigenvalue weighted by Crippen LogP contribution is -2.11. The van der Waals surface area contributed by atoms with Gasteiger partial charge in [0.15, 0.2) is 0 Å². The fourth-order valence-corrected chi connectivity index (χ4v) is 2.77. The Labute approximate surface area is 128 Å². The van der Waals surface area contributed by atoms with Crippen LogP contribution in [0.1, 0.15) is 18.1 Å². The first-order valence-electron chi connectivity index (χ1n) is 6.40. The molecule has 0 aromatic heterocycles. The highest BCUT2D eigenvalue weighted by atomic mass is 35.5. The molecule has 2 aromatic carbocycles. The van der Waals surface area contributed by atoms with Crippen LogP contribution < -0.4 is 5.32 Å². The molecule has 0 unspecified atom stereocenters. The lowest BCUT2D eigenvalue weighted by Gasteiger charge is -2.07. The molecule has 0 radical (unpaired) electrons. The maximum Gasteiger partial charge on any atom is 0.100 e. The van der Waals surface area contributed by atoms with E-state index in [1.807, 2.05) is 36.4 Å². The van der Waals surface area contributed by atoms with Crippen LogP contribution in [0.15, 0.2) is 52.3 Å². The van der Waals surface area contributed by atoms with E-state index in [0.29, 0.717) is 5.56 Å². The molecule has 4 heteroatoms. The Morgan fingerprint density at radius 3 is 2.60 bits per heavy atom. The molecular weight excluding hydrogens is 288 g/mol. The smallest absolute Gasteiger partial charge is 0.100 e. The summed E-state index contributed by atoms with van der Waals surface area (Å²) in [5.41, 5.74) is 1.84. The van der Waals surface area contributed by atoms with Crippen LogP contribution in [-0.2, 0) is 6.54 Å². The average molecular weight is 303 g/mol. The number of hydrogen-bond donors (Lipinski definition) is 1. The van der Waals surface area contributed by atoms with Crippen LogP contribution in [0.2, 0.25) is 5.02 Å². The summed E-state index contributed by atoms with van der Waals surface area (Å²) in [5.74, 6) is 0. The maximum absolute atomic E-state index is 9.29. The van der Waals surface area contributed by atoms with Gasteiger partial charge in [-0.15, -0.1) is 0 Å². The molecule has 0 aliphatic carbocycles. The zero-order valence-corrected chi connectivity index (χ0v) is 12.8. The summed E-state index contributed by atoms with van der Waals surface area (Å²) in [5, 5.41) is 13.3. The van der Waals surface area contributed by atoms with Gasteiger partial charge in [-0.2, -0.15) is 5.26 Å². The summed E-state index contributed by atoms with van der Waals surface area (Å²) < 4.78 is 0. The molecule has 1 N–H and O–H groups in total. The third kappa shape index (κ3) is 4.01. The molecule has 0 atom stereocenters. The number of nitrogens with one attached hydrogen (secondary N) is 1. The van der Waals surface area contributed by atoms with Crippen LogP contribution in [0.5, 0.6) is 0 Å². The Morgan fingerprint density at radius 2 is 1.95 bits per heavy atom. The van der Waals surface area contributed by atoms with Gasteiger partial charge in [0.25, 0.3) is 0 Å². The number of halogens is 1. The van der Waals surface area contributed by atoms with Crippen LogP contribution in [0.3, 0.4) is 0 Å². The van der Waals surface area contributed by atoms with Gasteiger partial charge in [0, 0.05) is 21.4 Å². The average Bonchev–Trinajstić information content (AvgIpc) is 2.48. The third-order valence-corrected chi connectivity index (χ3v) is 4.12. The predicted molar refractivity (Wildman–Crippen MR) is 84.1 cm³/mol. The molecule has 2 rings (SSSR count). The van der Waals surface area contributed by atoms with E-state index in [1.165, 1.54) is 0 Å². The zero-order valence-electron chi connectivity index (χ0n) is 11.2. The van der Waals surface area contributed by atoms with E-state index in [1.54, 1.807) is 11.8 Å². The molecule has 0 aliphatic rings. The second-order valence-electron chi connectivity index (χ2n) is 4.28. The van der Waals surface area contributed by atoms with Crippen molar-refractivity contribution >= 4 is 23.4 Å². The Bertz CT molecular complexity index is 617. The standard InChI is InChI=1S/C16H15ClN2S/c1-2-19-11-12-3-8-16(13(9-12)10-18)20-15-6-4-14(17)5-7-15/h3-9,19H,2,11H2,1H3. The highest BCUT2D eigenvalue weighted by Crippen LogP contribution is 2.31. The number of hydrogen-bond acceptors (Lipinski definition) is 3. The summed E-state index contributed by atoms with van der Waals surface area (Å²) >= 11 is 7.45. The van der Waals surface area contributed by atoms with E-state index in [0.717, 1.165) is 33.5 Å². The van der Waals surface area contributed by atoms with Crippen molar-refractivity contribution < 1.29 is 0 Å². The first kappa shape index (κ1) is 14.9. The van der Waals surface area contributed by atoms with Crippen molar-refractivity contribution in [3.8, 4) is 6.07 Å². The van der Waals surface area contributed by atoms with Gasteiger partial charge in [0.2, 0.25) is 0 Å². The first-order valence-corrected chi connectivity index (χ1v) is 7.59. The van der Waals surface area contributed by atoms with Crippen molar-refractivity contribution in [2.75, 3.05) is 6.54 Å². The molecule has 102 valence electrons. The maximum atomic E-state index is 9.29. The fraction of sp³-hybridized carbons (Fsp3) is 0.188. The first-order chi connectivity index (χ1) is 9.72. The van der Waals surface area contributed by atoms with E-state index in [4.69, 9.17) is 11.6 Å². The minimum Gasteiger partial charge on any atom is -0.313 e. The van der Waals surface area contributed by atoms with Gasteiger partial charge in [-0.3, -0.25) is 0 Å². The molecular formula is C16H15ClN2S. The van der Waals surface area contributed by atoms with E-state index >= 15 is 0 Å².